The Bertz CT molecular complexity index is 4470. The Hall–Kier alpha value is -10.0. The number of rotatable bonds is 26. The zero-order valence-corrected chi connectivity index (χ0v) is 62.8. The number of carbonyl (C=O) groups excluding carboxylic acids is 8. The molecule has 572 valence electrons. The molecule has 0 unspecified atom stereocenters. The second kappa shape index (κ2) is 34.9. The third-order valence-electron chi connectivity index (χ3n) is 20.3. The first-order chi connectivity index (χ1) is 50.0. The fraction of sp³-hybridized carbons (Fsp3) is 0.500. The molecule has 11 atom stereocenters. The standard InChI is InChI=1S/C78H101N9O19/c1-41(2)63(82-57(91)24-16-15-17-34-86-58(92)29-30-59(86)93)53(89)37-50(23-19-32-80-77(79)101)76(100)81-51-27-25-49(26-28-51)40-87(12,13)35-20-33-85(11)52-38-54(90)64-56(39-52)105-73-65(83-64)60-61-69(96)47(8)72-62(60)74(98)78(10,106-72)103-36-31-55(102-14)44(5)71(104-48(9)88)46(7)68(95)45(6)67(94)42(3)21-18-22-43(4)75(99)84-66(73)70(61)97/h18,21-22,25-31,36,38-39,41-42,44-46,50,55,63,67-68,71,94-95H,15-17,19-20,23-24,32-35,37,40H2,1-14H3,(H7-,79,80,81,82,83,84,90,91,92,93,96,97,98,99,100,101)/p+1/b21-18+,36-31+,43-22-/t42-,44+,45+,46+,50+,55-,63-,67-,68+,71+,78-/m0/s1. The normalized spacial score (nSPS) is 23.3. The summed E-state index contributed by atoms with van der Waals surface area (Å²) in [6.07, 6.45) is 8.38. The lowest BCUT2D eigenvalue weighted by molar-refractivity contribution is -0.903. The number of allylic oxidation sites excluding steroid dienone is 2. The minimum Gasteiger partial charge on any atom is -0.507 e. The van der Waals surface area contributed by atoms with Crippen molar-refractivity contribution in [2.75, 3.05) is 70.0 Å². The van der Waals surface area contributed by atoms with Crippen molar-refractivity contribution in [2.45, 2.75) is 163 Å². The number of benzene rings is 4. The highest BCUT2D eigenvalue weighted by Crippen LogP contribution is 2.43. The van der Waals surface area contributed by atoms with Crippen molar-refractivity contribution in [2.24, 2.45) is 41.2 Å². The van der Waals surface area contributed by atoms with E-state index in [2.05, 4.69) is 35.4 Å². The number of phenols is 1. The summed E-state index contributed by atoms with van der Waals surface area (Å²) >= 11 is 0. The molecule has 4 aromatic carbocycles. The first kappa shape index (κ1) is 81.6. The van der Waals surface area contributed by atoms with Crippen LogP contribution in [0.1, 0.15) is 125 Å². The molecule has 106 heavy (non-hydrogen) atoms. The van der Waals surface area contributed by atoms with Crippen LogP contribution in [0.2, 0.25) is 0 Å². The molecule has 7 amide bonds. The average Bonchev–Trinajstić information content (AvgIpc) is 1.39. The number of fused-ring (bicyclic) bond motifs is 2. The number of unbranched alkanes of at least 4 members (excludes halogenated alkanes) is 2. The molecule has 0 radical (unpaired) electrons. The predicted molar refractivity (Wildman–Crippen MR) is 400 cm³/mol. The van der Waals surface area contributed by atoms with Crippen molar-refractivity contribution in [1.29, 1.82) is 0 Å². The molecule has 8 rings (SSSR count). The molecule has 10 N–H and O–H groups in total. The number of aromatic hydroxyl groups is 1. The number of aliphatic hydroxyl groups excluding tert-OH is 3. The van der Waals surface area contributed by atoms with Crippen LogP contribution in [0.25, 0.3) is 38.7 Å². The highest BCUT2D eigenvalue weighted by Gasteiger charge is 2.45. The van der Waals surface area contributed by atoms with Crippen LogP contribution in [-0.2, 0) is 54.3 Å². The smallest absolute Gasteiger partial charge is 0.312 e. The number of ether oxygens (including phenoxy) is 4. The van der Waals surface area contributed by atoms with Crippen molar-refractivity contribution in [3.05, 3.63) is 121 Å². The number of Topliss-reactive ketones (excluding diaryl/α,β-unsaturated/α-hetero) is 1. The van der Waals surface area contributed by atoms with Gasteiger partial charge in [0.1, 0.15) is 35.4 Å². The van der Waals surface area contributed by atoms with Crippen molar-refractivity contribution in [3.8, 4) is 11.5 Å². The average molecular weight is 1470 g/mol. The largest absolute Gasteiger partial charge is 0.507 e. The number of aliphatic hydroxyl groups is 3. The maximum atomic E-state index is 15.2. The highest BCUT2D eigenvalue weighted by atomic mass is 16.7. The van der Waals surface area contributed by atoms with Gasteiger partial charge in [-0.05, 0) is 63.7 Å². The molecule has 28 heteroatoms. The van der Waals surface area contributed by atoms with Gasteiger partial charge in [-0.15, -0.1) is 0 Å². The van der Waals surface area contributed by atoms with Gasteiger partial charge in [0, 0.05) is 154 Å². The summed E-state index contributed by atoms with van der Waals surface area (Å²) in [6, 6.07) is 8.72. The summed E-state index contributed by atoms with van der Waals surface area (Å²) < 4.78 is 31.3. The van der Waals surface area contributed by atoms with Crippen molar-refractivity contribution in [1.82, 2.24) is 20.5 Å². The fourth-order valence-corrected chi connectivity index (χ4v) is 14.0. The molecule has 3 aliphatic rings. The summed E-state index contributed by atoms with van der Waals surface area (Å²) in [7, 11) is 7.35. The molecule has 0 spiro atoms. The Morgan fingerprint density at radius 2 is 1.57 bits per heavy atom. The quantitative estimate of drug-likeness (QED) is 0.00657. The lowest BCUT2D eigenvalue weighted by Crippen LogP contribution is -2.46. The monoisotopic (exact) mass is 1470 g/mol. The number of imide groups is 1. The van der Waals surface area contributed by atoms with E-state index in [4.69, 9.17) is 34.1 Å². The number of nitrogens with one attached hydrogen (secondary N) is 4. The van der Waals surface area contributed by atoms with Gasteiger partial charge in [0.25, 0.3) is 17.7 Å². The second-order valence-electron chi connectivity index (χ2n) is 29.4. The van der Waals surface area contributed by atoms with Crippen LogP contribution in [0, 0.1) is 42.4 Å². The molecule has 28 nitrogen and oxygen atoms in total. The molecule has 3 aliphatic heterocycles. The number of urea groups is 1. The van der Waals surface area contributed by atoms with Gasteiger partial charge in [-0.1, -0.05) is 78.3 Å². The van der Waals surface area contributed by atoms with Gasteiger partial charge in [-0.3, -0.25) is 48.1 Å². The Morgan fingerprint density at radius 3 is 2.22 bits per heavy atom. The first-order valence-corrected chi connectivity index (χ1v) is 35.9. The van der Waals surface area contributed by atoms with Gasteiger partial charge in [-0.2, -0.15) is 0 Å². The summed E-state index contributed by atoms with van der Waals surface area (Å²) in [5.74, 6) is -10.4. The minimum absolute atomic E-state index is 0.00660. The number of hydrogen-bond donors (Lipinski definition) is 9. The van der Waals surface area contributed by atoms with Crippen LogP contribution in [-0.4, -0.2) is 173 Å². The predicted octanol–water partition coefficient (Wildman–Crippen LogP) is 7.25. The molecular formula is C78H102N9O19+. The number of amides is 7. The molecule has 4 heterocycles. The van der Waals surface area contributed by atoms with Gasteiger partial charge in [-0.25, -0.2) is 9.78 Å². The lowest BCUT2D eigenvalue weighted by Gasteiger charge is -2.38. The first-order valence-electron chi connectivity index (χ1n) is 35.9. The zero-order valence-electron chi connectivity index (χ0n) is 62.8. The number of anilines is 3. The molecule has 5 aromatic rings. The van der Waals surface area contributed by atoms with Crippen LogP contribution >= 0.6 is 0 Å². The SMILES string of the molecule is CO[C@H]1/C=C/O[C@@]2(C)Oc3c(C)c(O)c4c(=O)c(c5oc6cc(N(C)CCC[N+](C)(C)Cc7ccc(NC(=O)[C@H](CCCNC(N)=O)CC(=O)[C@@H](NC(=O)CCCCCN8C(=O)C=CC8=O)C(C)C)cc7)cc(=O)c6nc5c4c3=C2O)NC(=O)/C(C)=C\C=C\[C@H](C)[C@H](O)[C@@H](C)[C@@H](O)[C@@H](C)[C@H](OC(C)=O)[C@@H]1C. The van der Waals surface area contributed by atoms with E-state index in [1.54, 1.807) is 78.9 Å². The molecule has 0 saturated heterocycles. The maximum absolute atomic E-state index is 15.2. The molecule has 0 saturated carbocycles. The summed E-state index contributed by atoms with van der Waals surface area (Å²) in [4.78, 5) is 141. The minimum atomic E-state index is -2.06. The Morgan fingerprint density at radius 1 is 0.877 bits per heavy atom. The molecule has 1 aromatic heterocycles. The van der Waals surface area contributed by atoms with Gasteiger partial charge >= 0.3 is 17.8 Å². The van der Waals surface area contributed by atoms with E-state index >= 15 is 4.79 Å². The number of ketones is 1. The summed E-state index contributed by atoms with van der Waals surface area (Å²) in [6.45, 7) is 18.1. The molecule has 4 bridgehead atoms. The second-order valence-corrected chi connectivity index (χ2v) is 29.4. The third kappa shape index (κ3) is 19.1. The summed E-state index contributed by atoms with van der Waals surface area (Å²) in [5, 5.41) is 58.1. The van der Waals surface area contributed by atoms with E-state index in [1.165, 1.54) is 71.4 Å². The van der Waals surface area contributed by atoms with Crippen molar-refractivity contribution >= 4 is 103 Å². The van der Waals surface area contributed by atoms with Gasteiger partial charge in [0.2, 0.25) is 22.7 Å². The van der Waals surface area contributed by atoms with Crippen molar-refractivity contribution < 1.29 is 86.6 Å². The van der Waals surface area contributed by atoms with E-state index in [0.29, 0.717) is 67.6 Å². The number of nitrogens with two attached hydrogens (primary N) is 1. The summed E-state index contributed by atoms with van der Waals surface area (Å²) in [5.41, 5.74) is 4.51. The van der Waals surface area contributed by atoms with E-state index in [-0.39, 0.29) is 111 Å². The number of quaternary nitrogens is 1. The highest BCUT2D eigenvalue weighted by molar-refractivity contribution is 6.17. The number of carbonyl (C=O) groups is 8. The van der Waals surface area contributed by atoms with Crippen LogP contribution in [0.5, 0.6) is 11.5 Å². The van der Waals surface area contributed by atoms with Gasteiger partial charge < -0.3 is 80.2 Å². The van der Waals surface area contributed by atoms with E-state index in [1.807, 2.05) is 17.0 Å². The lowest BCUT2D eigenvalue weighted by atomic mass is 9.78. The number of esters is 1. The van der Waals surface area contributed by atoms with Gasteiger partial charge in [0.05, 0.1) is 61.9 Å². The Labute approximate surface area is 615 Å². The molecule has 0 aliphatic carbocycles. The van der Waals surface area contributed by atoms with E-state index < -0.39 is 123 Å². The number of nitrogens with zero attached hydrogens (tertiary/aromatic N) is 4. The van der Waals surface area contributed by atoms with E-state index in [9.17, 15) is 63.6 Å². The third-order valence-corrected chi connectivity index (χ3v) is 20.3. The zero-order chi connectivity index (χ0) is 78.0. The van der Waals surface area contributed by atoms with Gasteiger partial charge in [0.15, 0.2) is 28.2 Å². The van der Waals surface area contributed by atoms with Crippen LogP contribution in [0.4, 0.5) is 21.9 Å². The topological polar surface area (TPSA) is 395 Å². The van der Waals surface area contributed by atoms with E-state index in [0.717, 1.165) is 10.5 Å². The van der Waals surface area contributed by atoms with Crippen LogP contribution < -0.4 is 52.7 Å². The number of phenolic OH excluding ortho intramolecular Hbond substituents is 1. The molecular weight excluding hydrogens is 1370 g/mol. The Kier molecular flexibility index (Phi) is 26.9. The van der Waals surface area contributed by atoms with Crippen LogP contribution in [0.15, 0.2) is 98.7 Å². The fourth-order valence-electron chi connectivity index (χ4n) is 14.0. The Balaban J connectivity index is 1.01. The number of hydrogen-bond acceptors (Lipinski definition) is 21. The van der Waals surface area contributed by atoms with Crippen molar-refractivity contribution in [3.63, 3.8) is 0 Å². The molecule has 0 fully saturated rings. The number of methoxy groups -OCH3 is 1. The number of primary amides is 1. The van der Waals surface area contributed by atoms with Crippen LogP contribution in [0.3, 0.4) is 0 Å². The maximum Gasteiger partial charge on any atom is 0.312 e. The number of aromatic nitrogens is 1.